The van der Waals surface area contributed by atoms with E-state index in [1.54, 1.807) is 0 Å². The van der Waals surface area contributed by atoms with Crippen LogP contribution in [-0.4, -0.2) is 19.5 Å². The fraction of sp³-hybridized carbons (Fsp3) is 0. The van der Waals surface area contributed by atoms with Gasteiger partial charge >= 0.3 is 0 Å². The van der Waals surface area contributed by atoms with Crippen LogP contribution in [0.5, 0.6) is 0 Å². The van der Waals surface area contributed by atoms with E-state index in [1.165, 1.54) is 38.4 Å². The highest BCUT2D eigenvalue weighted by Gasteiger charge is 2.27. The Morgan fingerprint density at radius 2 is 0.855 bits per heavy atom. The van der Waals surface area contributed by atoms with Crippen molar-refractivity contribution in [3.05, 3.63) is 194 Å². The number of fused-ring (bicyclic) bond motifs is 12. The average molecular weight is 789 g/mol. The van der Waals surface area contributed by atoms with E-state index in [1.807, 2.05) is 12.1 Å². The molecule has 0 spiro atoms. The van der Waals surface area contributed by atoms with E-state index in [0.717, 1.165) is 82.2 Å². The SMILES string of the molecule is c1ccc2c(c1)-c1cccc3c1c-2cc1c3c2cc(-c3ccc4oc5ccccc5c4c3)ccc2n1-c1nc(-c2cccc3ccccc23)nc(-c2cccc3ccccc23)n1. The number of hydrogen-bond donors (Lipinski definition) is 0. The maximum Gasteiger partial charge on any atom is 0.238 e. The van der Waals surface area contributed by atoms with E-state index in [0.29, 0.717) is 17.6 Å². The summed E-state index contributed by atoms with van der Waals surface area (Å²) in [6.07, 6.45) is 0. The molecule has 13 aromatic rings. The smallest absolute Gasteiger partial charge is 0.238 e. The molecule has 0 saturated carbocycles. The van der Waals surface area contributed by atoms with Gasteiger partial charge in [-0.1, -0.05) is 158 Å². The molecule has 3 aromatic heterocycles. The van der Waals surface area contributed by atoms with Gasteiger partial charge in [0.05, 0.1) is 11.0 Å². The zero-order valence-electron chi connectivity index (χ0n) is 33.2. The predicted molar refractivity (Wildman–Crippen MR) is 255 cm³/mol. The second kappa shape index (κ2) is 12.6. The molecule has 10 aromatic carbocycles. The average Bonchev–Trinajstić information content (AvgIpc) is 3.99. The normalized spacial score (nSPS) is 12.2. The van der Waals surface area contributed by atoms with Crippen LogP contribution >= 0.6 is 0 Å². The quantitative estimate of drug-likeness (QED) is 0.178. The molecule has 14 rings (SSSR count). The predicted octanol–water partition coefficient (Wildman–Crippen LogP) is 15.0. The van der Waals surface area contributed by atoms with Gasteiger partial charge in [0.25, 0.3) is 0 Å². The Balaban J connectivity index is 1.10. The third kappa shape index (κ3) is 4.70. The topological polar surface area (TPSA) is 56.7 Å². The lowest BCUT2D eigenvalue weighted by Gasteiger charge is -2.13. The minimum absolute atomic E-state index is 0.568. The van der Waals surface area contributed by atoms with E-state index >= 15 is 0 Å². The molecule has 0 atom stereocenters. The van der Waals surface area contributed by atoms with Crippen LogP contribution in [0.3, 0.4) is 0 Å². The minimum Gasteiger partial charge on any atom is -0.456 e. The van der Waals surface area contributed by atoms with Gasteiger partial charge in [0.2, 0.25) is 5.95 Å². The molecule has 3 heterocycles. The summed E-state index contributed by atoms with van der Waals surface area (Å²) >= 11 is 0. The van der Waals surface area contributed by atoms with E-state index in [9.17, 15) is 0 Å². The molecular weight excluding hydrogens is 757 g/mol. The highest BCUT2D eigenvalue weighted by Crippen LogP contribution is 2.51. The second-order valence-corrected chi connectivity index (χ2v) is 16.3. The Hall–Kier alpha value is -8.41. The first-order valence-corrected chi connectivity index (χ1v) is 21.0. The lowest BCUT2D eigenvalue weighted by molar-refractivity contribution is 0.669. The molecule has 62 heavy (non-hydrogen) atoms. The fourth-order valence-electron chi connectivity index (χ4n) is 10.2. The van der Waals surface area contributed by atoms with Crippen molar-refractivity contribution in [3.8, 4) is 62.1 Å². The Bertz CT molecular complexity index is 3950. The molecule has 0 fully saturated rings. The van der Waals surface area contributed by atoms with Crippen molar-refractivity contribution >= 4 is 76.1 Å². The van der Waals surface area contributed by atoms with Gasteiger partial charge in [-0.3, -0.25) is 4.57 Å². The molecule has 0 amide bonds. The van der Waals surface area contributed by atoms with E-state index in [2.05, 4.69) is 187 Å². The number of hydrogen-bond acceptors (Lipinski definition) is 4. The lowest BCUT2D eigenvalue weighted by Crippen LogP contribution is -2.07. The van der Waals surface area contributed by atoms with Crippen molar-refractivity contribution < 1.29 is 4.42 Å². The summed E-state index contributed by atoms with van der Waals surface area (Å²) in [7, 11) is 0. The fourth-order valence-corrected chi connectivity index (χ4v) is 10.2. The van der Waals surface area contributed by atoms with Crippen LogP contribution in [0.25, 0.3) is 138 Å². The van der Waals surface area contributed by atoms with Gasteiger partial charge in [0, 0.05) is 32.7 Å². The number of rotatable bonds is 4. The Labute approximate surface area is 354 Å². The maximum absolute atomic E-state index is 6.23. The van der Waals surface area contributed by atoms with Gasteiger partial charge in [-0.15, -0.1) is 0 Å². The van der Waals surface area contributed by atoms with Gasteiger partial charge in [-0.25, -0.2) is 4.98 Å². The van der Waals surface area contributed by atoms with Gasteiger partial charge in [-0.05, 0) is 102 Å². The summed E-state index contributed by atoms with van der Waals surface area (Å²) in [4.78, 5) is 16.2. The van der Waals surface area contributed by atoms with Crippen LogP contribution in [0.4, 0.5) is 0 Å². The summed E-state index contributed by atoms with van der Waals surface area (Å²) in [5.74, 6) is 1.82. The minimum atomic E-state index is 0.568. The first-order valence-electron chi connectivity index (χ1n) is 21.0. The highest BCUT2D eigenvalue weighted by atomic mass is 16.3. The Kier molecular flexibility index (Phi) is 6.77. The van der Waals surface area contributed by atoms with Gasteiger partial charge in [0.1, 0.15) is 11.2 Å². The number of furan rings is 1. The van der Waals surface area contributed by atoms with Crippen LogP contribution in [0, 0.1) is 0 Å². The number of aromatic nitrogens is 4. The first-order chi connectivity index (χ1) is 30.7. The van der Waals surface area contributed by atoms with E-state index in [-0.39, 0.29) is 0 Å². The van der Waals surface area contributed by atoms with Gasteiger partial charge in [0.15, 0.2) is 11.6 Å². The zero-order valence-corrected chi connectivity index (χ0v) is 33.2. The standard InChI is InChI=1S/C57H32N4O/c1-3-16-37-33(12-1)14-9-22-43(37)55-58-56(44-23-10-15-34-13-2-4-17-38(34)44)60-57(59-55)61-49-28-26-35(36-27-29-52-46(30-36)41-20-7-8-25-51(41)62-52)31-48(49)54-45-24-11-21-42-39-18-5-6-19-40(39)47(53(42)45)32-50(54)61/h1-32H. The molecule has 0 saturated heterocycles. The third-order valence-electron chi connectivity index (χ3n) is 13.0. The summed E-state index contributed by atoms with van der Waals surface area (Å²) in [5.41, 5.74) is 13.0. The molecule has 1 aliphatic carbocycles. The molecule has 286 valence electrons. The van der Waals surface area contributed by atoms with Crippen LogP contribution in [-0.2, 0) is 0 Å². The monoisotopic (exact) mass is 788 g/mol. The molecule has 0 bridgehead atoms. The van der Waals surface area contributed by atoms with Gasteiger partial charge < -0.3 is 4.42 Å². The van der Waals surface area contributed by atoms with Crippen molar-refractivity contribution in [3.63, 3.8) is 0 Å². The zero-order chi connectivity index (χ0) is 40.5. The van der Waals surface area contributed by atoms with Crippen molar-refractivity contribution in [1.82, 2.24) is 19.5 Å². The molecule has 0 unspecified atom stereocenters. The van der Waals surface area contributed by atoms with Gasteiger partial charge in [-0.2, -0.15) is 9.97 Å². The lowest BCUT2D eigenvalue weighted by atomic mass is 9.96. The van der Waals surface area contributed by atoms with Crippen molar-refractivity contribution in [2.45, 2.75) is 0 Å². The van der Waals surface area contributed by atoms with Crippen LogP contribution in [0.1, 0.15) is 0 Å². The molecule has 0 N–H and O–H groups in total. The summed E-state index contributed by atoms with van der Waals surface area (Å²) in [6, 6.07) is 69.1. The molecule has 1 aliphatic rings. The summed E-state index contributed by atoms with van der Waals surface area (Å²) in [6.45, 7) is 0. The van der Waals surface area contributed by atoms with E-state index < -0.39 is 0 Å². The summed E-state index contributed by atoms with van der Waals surface area (Å²) in [5, 5.41) is 11.5. The second-order valence-electron chi connectivity index (χ2n) is 16.3. The number of nitrogens with zero attached hydrogens (tertiary/aromatic N) is 4. The Morgan fingerprint density at radius 3 is 1.60 bits per heavy atom. The molecular formula is C57H32N4O. The van der Waals surface area contributed by atoms with E-state index in [4.69, 9.17) is 19.4 Å². The summed E-state index contributed by atoms with van der Waals surface area (Å²) < 4.78 is 8.51. The maximum atomic E-state index is 6.23. The van der Waals surface area contributed by atoms with Crippen molar-refractivity contribution in [2.75, 3.05) is 0 Å². The molecule has 5 nitrogen and oxygen atoms in total. The highest BCUT2D eigenvalue weighted by molar-refractivity contribution is 6.29. The third-order valence-corrected chi connectivity index (χ3v) is 13.0. The van der Waals surface area contributed by atoms with Crippen LogP contribution < -0.4 is 0 Å². The van der Waals surface area contributed by atoms with Crippen molar-refractivity contribution in [1.29, 1.82) is 0 Å². The molecule has 5 heteroatoms. The molecule has 0 radical (unpaired) electrons. The van der Waals surface area contributed by atoms with Crippen LogP contribution in [0.15, 0.2) is 199 Å². The first kappa shape index (κ1) is 33.4. The number of para-hydroxylation sites is 1. The Morgan fingerprint density at radius 1 is 0.323 bits per heavy atom. The number of benzene rings is 10. The molecule has 0 aliphatic heterocycles. The largest absolute Gasteiger partial charge is 0.456 e. The van der Waals surface area contributed by atoms with Crippen LogP contribution in [0.2, 0.25) is 0 Å². The van der Waals surface area contributed by atoms with Crippen molar-refractivity contribution in [2.24, 2.45) is 0 Å².